The van der Waals surface area contributed by atoms with Crippen molar-refractivity contribution < 1.29 is 23.0 Å². The summed E-state index contributed by atoms with van der Waals surface area (Å²) in [7, 11) is 0. The third-order valence-corrected chi connectivity index (χ3v) is 8.18. The Kier molecular flexibility index (Phi) is 6.94. The summed E-state index contributed by atoms with van der Waals surface area (Å²) in [5.41, 5.74) is 4.24. The average Bonchev–Trinajstić information content (AvgIpc) is 3.07. The predicted octanol–water partition coefficient (Wildman–Crippen LogP) is 5.33. The predicted molar refractivity (Wildman–Crippen MR) is 139 cm³/mol. The lowest BCUT2D eigenvalue weighted by Gasteiger charge is -2.46. The van der Waals surface area contributed by atoms with Crippen molar-refractivity contribution in [3.05, 3.63) is 42.1 Å². The van der Waals surface area contributed by atoms with E-state index in [0.29, 0.717) is 51.5 Å². The normalized spacial score (nSPS) is 28.3. The number of piperidine rings is 1. The highest BCUT2D eigenvalue weighted by molar-refractivity contribution is 5.81. The van der Waals surface area contributed by atoms with Gasteiger partial charge in [0.25, 0.3) is 5.92 Å². The number of fused-ring (bicyclic) bond motifs is 5. The molecule has 0 radical (unpaired) electrons. The Morgan fingerprint density at radius 2 is 2.11 bits per heavy atom. The summed E-state index contributed by atoms with van der Waals surface area (Å²) in [6.45, 7) is 5.01. The molecule has 4 atom stereocenters. The second-order valence-electron chi connectivity index (χ2n) is 10.7. The van der Waals surface area contributed by atoms with Crippen molar-refractivity contribution in [3.63, 3.8) is 0 Å². The number of pyridine rings is 1. The first-order valence-electron chi connectivity index (χ1n) is 13.6. The molecule has 7 nitrogen and oxygen atoms in total. The maximum Gasteiger partial charge on any atom is 0.274 e. The fourth-order valence-corrected chi connectivity index (χ4v) is 6.24. The molecule has 37 heavy (non-hydrogen) atoms. The molecular weight excluding hydrogens is 478 g/mol. The molecular formula is C28H36F2N4O3. The first kappa shape index (κ1) is 24.8. The number of nitrogens with one attached hydrogen (secondary N) is 1. The fraction of sp³-hybridized carbons (Fsp3) is 0.607. The van der Waals surface area contributed by atoms with Crippen LogP contribution in [0.15, 0.2) is 36.5 Å². The third-order valence-electron chi connectivity index (χ3n) is 8.18. The number of alkyl halides is 2. The van der Waals surface area contributed by atoms with Crippen LogP contribution in [-0.2, 0) is 20.8 Å². The summed E-state index contributed by atoms with van der Waals surface area (Å²) >= 11 is 0. The van der Waals surface area contributed by atoms with E-state index in [9.17, 15) is 8.78 Å². The van der Waals surface area contributed by atoms with Crippen LogP contribution in [0, 0.1) is 5.92 Å². The Balaban J connectivity index is 1.19. The van der Waals surface area contributed by atoms with E-state index in [2.05, 4.69) is 44.4 Å². The number of aromatic nitrogens is 1. The highest BCUT2D eigenvalue weighted by Gasteiger charge is 2.45. The summed E-state index contributed by atoms with van der Waals surface area (Å²) < 4.78 is 46.5. The number of anilines is 4. The minimum absolute atomic E-state index is 0.180. The lowest BCUT2D eigenvalue weighted by Crippen LogP contribution is -2.54. The molecule has 4 aliphatic heterocycles. The molecule has 1 aromatic carbocycles. The first-order valence-corrected chi connectivity index (χ1v) is 13.6. The highest BCUT2D eigenvalue weighted by atomic mass is 19.3. The zero-order valence-corrected chi connectivity index (χ0v) is 21.4. The molecule has 1 N–H and O–H groups in total. The molecule has 7 rings (SSSR count). The molecule has 0 spiro atoms. The van der Waals surface area contributed by atoms with Gasteiger partial charge in [-0.05, 0) is 62.8 Å². The van der Waals surface area contributed by atoms with E-state index in [-0.39, 0.29) is 12.3 Å². The van der Waals surface area contributed by atoms with Crippen LogP contribution in [0.25, 0.3) is 0 Å². The van der Waals surface area contributed by atoms with Crippen LogP contribution in [0.4, 0.5) is 31.7 Å². The van der Waals surface area contributed by atoms with Crippen LogP contribution >= 0.6 is 0 Å². The summed E-state index contributed by atoms with van der Waals surface area (Å²) in [6, 6.07) is 10.9. The number of halogens is 2. The number of hydrogen-bond acceptors (Lipinski definition) is 7. The van der Waals surface area contributed by atoms with Gasteiger partial charge in [-0.3, -0.25) is 0 Å². The van der Waals surface area contributed by atoms with Gasteiger partial charge in [-0.15, -0.1) is 0 Å². The molecule has 4 fully saturated rings. The van der Waals surface area contributed by atoms with Crippen LogP contribution in [0.2, 0.25) is 0 Å². The number of morpholine rings is 1. The second-order valence-corrected chi connectivity index (χ2v) is 10.7. The second kappa shape index (κ2) is 10.3. The molecule has 1 aliphatic carbocycles. The van der Waals surface area contributed by atoms with Crippen LogP contribution < -0.4 is 15.1 Å². The standard InChI is InChI=1S/C28H36F2N4O3/c1-2-36-26-10-5-19(13-28(26,29)30)16-35-18-33-14-20-4-3-11-31-27(20)32-24-9-7-21(12-25(24)33)34-15-23-8-6-22(34)17-37-23/h3-4,7,9,11-12,19,22-23,26H,2,5-6,8,10,13-18H2,1H3,(H,31,32)/t19-,22+,23+,26-/m0/s1. The fourth-order valence-electron chi connectivity index (χ4n) is 6.24. The number of rotatable bonds is 7. The minimum Gasteiger partial charge on any atom is -0.374 e. The molecule has 2 bridgehead atoms. The van der Waals surface area contributed by atoms with Crippen molar-refractivity contribution in [3.8, 4) is 0 Å². The van der Waals surface area contributed by atoms with Gasteiger partial charge >= 0.3 is 0 Å². The van der Waals surface area contributed by atoms with Crippen molar-refractivity contribution in [2.45, 2.75) is 69.7 Å². The van der Waals surface area contributed by atoms with Crippen LogP contribution in [-0.4, -0.2) is 62.3 Å². The molecule has 1 saturated carbocycles. The number of benzene rings is 1. The monoisotopic (exact) mass is 514 g/mol. The molecule has 5 aliphatic rings. The van der Waals surface area contributed by atoms with Crippen molar-refractivity contribution in [2.24, 2.45) is 5.92 Å². The van der Waals surface area contributed by atoms with Gasteiger partial charge in [-0.25, -0.2) is 13.8 Å². The molecule has 0 amide bonds. The number of hydrogen-bond donors (Lipinski definition) is 1. The third kappa shape index (κ3) is 5.13. The van der Waals surface area contributed by atoms with Crippen LogP contribution in [0.5, 0.6) is 0 Å². The Labute approximate surface area is 217 Å². The van der Waals surface area contributed by atoms with Crippen molar-refractivity contribution in [1.82, 2.24) is 4.98 Å². The lowest BCUT2D eigenvalue weighted by molar-refractivity contribution is -0.171. The highest BCUT2D eigenvalue weighted by Crippen LogP contribution is 2.41. The van der Waals surface area contributed by atoms with E-state index >= 15 is 0 Å². The zero-order valence-electron chi connectivity index (χ0n) is 21.4. The number of nitrogens with zero attached hydrogens (tertiary/aromatic N) is 3. The molecule has 9 heteroatoms. The van der Waals surface area contributed by atoms with Gasteiger partial charge in [0.05, 0.1) is 36.7 Å². The topological polar surface area (TPSA) is 59.1 Å². The summed E-state index contributed by atoms with van der Waals surface area (Å²) in [5, 5.41) is 3.50. The zero-order chi connectivity index (χ0) is 25.4. The quantitative estimate of drug-likeness (QED) is 0.536. The Morgan fingerprint density at radius 3 is 2.86 bits per heavy atom. The van der Waals surface area contributed by atoms with Gasteiger partial charge in [-0.2, -0.15) is 0 Å². The van der Waals surface area contributed by atoms with E-state index in [4.69, 9.17) is 14.2 Å². The average molecular weight is 515 g/mol. The van der Waals surface area contributed by atoms with Crippen molar-refractivity contribution in [1.29, 1.82) is 0 Å². The van der Waals surface area contributed by atoms with Gasteiger partial charge in [0.2, 0.25) is 0 Å². The summed E-state index contributed by atoms with van der Waals surface area (Å²) in [4.78, 5) is 9.19. The van der Waals surface area contributed by atoms with Crippen molar-refractivity contribution in [2.75, 3.05) is 48.2 Å². The van der Waals surface area contributed by atoms with Gasteiger partial charge < -0.3 is 29.3 Å². The largest absolute Gasteiger partial charge is 0.374 e. The van der Waals surface area contributed by atoms with Crippen molar-refractivity contribution >= 4 is 22.9 Å². The van der Waals surface area contributed by atoms with Gasteiger partial charge in [0.15, 0.2) is 0 Å². The Bertz CT molecular complexity index is 1090. The van der Waals surface area contributed by atoms with E-state index in [1.54, 1.807) is 13.1 Å². The molecule has 5 heterocycles. The SMILES string of the molecule is CCO[C@H]1CC[C@H](COCN2Cc3cccnc3Nc3ccc(N4C[C@H]5CC[C@@H]4CO5)cc32)CC1(F)F. The van der Waals surface area contributed by atoms with E-state index in [1.165, 1.54) is 5.69 Å². The maximum atomic E-state index is 14.6. The summed E-state index contributed by atoms with van der Waals surface area (Å²) in [6.07, 6.45) is 4.26. The first-order chi connectivity index (χ1) is 18.0. The molecule has 1 aromatic heterocycles. The molecule has 3 saturated heterocycles. The van der Waals surface area contributed by atoms with Crippen LogP contribution in [0.3, 0.4) is 0 Å². The van der Waals surface area contributed by atoms with Gasteiger partial charge in [0.1, 0.15) is 18.7 Å². The Hall–Kier alpha value is -2.49. The number of ether oxygens (including phenoxy) is 3. The smallest absolute Gasteiger partial charge is 0.274 e. The van der Waals surface area contributed by atoms with E-state index in [1.807, 2.05) is 6.07 Å². The van der Waals surface area contributed by atoms with E-state index in [0.717, 1.165) is 48.7 Å². The summed E-state index contributed by atoms with van der Waals surface area (Å²) in [5.74, 6) is -2.16. The minimum atomic E-state index is -2.81. The van der Waals surface area contributed by atoms with Gasteiger partial charge in [0, 0.05) is 43.6 Å². The maximum absolute atomic E-state index is 14.6. The van der Waals surface area contributed by atoms with Gasteiger partial charge in [-0.1, -0.05) is 6.07 Å². The lowest BCUT2D eigenvalue weighted by atomic mass is 9.85. The molecule has 200 valence electrons. The molecule has 2 aromatic rings. The molecule has 0 unspecified atom stereocenters. The Morgan fingerprint density at radius 1 is 1.19 bits per heavy atom. The van der Waals surface area contributed by atoms with E-state index < -0.39 is 12.0 Å². The van der Waals surface area contributed by atoms with Crippen LogP contribution in [0.1, 0.15) is 44.6 Å².